The van der Waals surface area contributed by atoms with Crippen LogP contribution in [0.15, 0.2) is 33.7 Å². The molecule has 4 rings (SSSR count). The van der Waals surface area contributed by atoms with Crippen molar-refractivity contribution in [3.8, 4) is 0 Å². The molecule has 10 heteroatoms. The Bertz CT molecular complexity index is 1780. The summed E-state index contributed by atoms with van der Waals surface area (Å²) < 4.78 is 10.0. The van der Waals surface area contributed by atoms with Crippen molar-refractivity contribution in [2.75, 3.05) is 14.2 Å². The van der Waals surface area contributed by atoms with Gasteiger partial charge >= 0.3 is 11.9 Å². The van der Waals surface area contributed by atoms with Gasteiger partial charge in [-0.3, -0.25) is 9.59 Å². The van der Waals surface area contributed by atoms with E-state index >= 15 is 0 Å². The maximum Gasteiger partial charge on any atom is 0.305 e. The van der Waals surface area contributed by atoms with E-state index < -0.39 is 0 Å². The summed E-state index contributed by atoms with van der Waals surface area (Å²) >= 11 is 0. The number of ether oxygens (including phenoxy) is 2. The summed E-state index contributed by atoms with van der Waals surface area (Å²) in [5.74, 6) is -0.443. The van der Waals surface area contributed by atoms with Crippen LogP contribution in [0, 0.1) is 27.7 Å². The van der Waals surface area contributed by atoms with Gasteiger partial charge in [0.05, 0.1) is 14.2 Å². The number of aromatic amines is 2. The Labute approximate surface area is 326 Å². The minimum Gasteiger partial charge on any atom is -1.00 e. The summed E-state index contributed by atoms with van der Waals surface area (Å²) in [5, 5.41) is 0. The normalized spacial score (nSPS) is 15.7. The summed E-state index contributed by atoms with van der Waals surface area (Å²) in [6, 6.07) is 0. The highest BCUT2D eigenvalue weighted by Crippen LogP contribution is 2.29. The Hall–Kier alpha value is -3.24. The fraction of sp³-hybridized carbons (Fsp3) is 0.512. The molecule has 0 saturated heterocycles. The molecule has 0 bridgehead atoms. The van der Waals surface area contributed by atoms with Gasteiger partial charge in [0, 0.05) is 70.1 Å². The van der Waals surface area contributed by atoms with Crippen LogP contribution < -0.4 is 43.9 Å². The van der Waals surface area contributed by atoms with Crippen LogP contribution in [-0.4, -0.2) is 47.5 Å². The van der Waals surface area contributed by atoms with Gasteiger partial charge < -0.3 is 53.4 Å². The first-order valence-electron chi connectivity index (χ1n) is 18.0. The smallest absolute Gasteiger partial charge is 0.305 e. The minimum atomic E-state index is -0.222. The van der Waals surface area contributed by atoms with Gasteiger partial charge in [0.1, 0.15) is 6.42 Å². The van der Waals surface area contributed by atoms with Gasteiger partial charge in [0.2, 0.25) is 11.4 Å². The van der Waals surface area contributed by atoms with Crippen LogP contribution >= 0.6 is 0 Å². The van der Waals surface area contributed by atoms with Crippen LogP contribution in [0.5, 0.6) is 0 Å². The van der Waals surface area contributed by atoms with Gasteiger partial charge in [0.25, 0.3) is 0 Å². The number of hydrogen-bond acceptors (Lipinski definition) is 4. The number of aryl methyl sites for hydroxylation is 2. The molecule has 0 aliphatic carbocycles. The maximum atomic E-state index is 12.3. The number of hydrogen-bond donors (Lipinski definition) is 4. The summed E-state index contributed by atoms with van der Waals surface area (Å²) in [4.78, 5) is 39.3. The fourth-order valence-electron chi connectivity index (χ4n) is 7.19. The van der Waals surface area contributed by atoms with Gasteiger partial charge in [-0.25, -0.2) is 9.98 Å². The number of carbonyl (C=O) groups excluding carboxylic acids is 2. The van der Waals surface area contributed by atoms with Crippen molar-refractivity contribution in [3.05, 3.63) is 78.7 Å². The Morgan fingerprint density at radius 2 is 1.08 bits per heavy atom. The second-order valence-corrected chi connectivity index (χ2v) is 13.6. The number of halogens is 2. The van der Waals surface area contributed by atoms with E-state index in [1.807, 2.05) is 0 Å². The molecular weight excluding hydrogens is 772 g/mol. The third-order valence-electron chi connectivity index (χ3n) is 10.4. The zero-order chi connectivity index (χ0) is 35.8. The van der Waals surface area contributed by atoms with E-state index in [0.29, 0.717) is 32.1 Å². The SMILES string of the molecule is CCCCc1c(C)[nH]c(/C=C2\[NH+]=C(CC3=[NH+]/C(=C/c4[nH]c(C)c(CCCC)c4C)C(C)=C3CCC(=O)OC)C(C)=C2CCC(=O)OC)c1C.[Br-].[Br-]. The van der Waals surface area contributed by atoms with Crippen LogP contribution in [0.25, 0.3) is 12.2 Å². The Morgan fingerprint density at radius 1 is 0.627 bits per heavy atom. The average molecular weight is 831 g/mol. The molecule has 2 aliphatic heterocycles. The van der Waals surface area contributed by atoms with Crippen molar-refractivity contribution in [1.29, 1.82) is 0 Å². The molecular formula is C41H58Br2N4O4. The van der Waals surface area contributed by atoms with E-state index in [2.05, 4.69) is 87.5 Å². The van der Waals surface area contributed by atoms with E-state index in [1.165, 1.54) is 54.3 Å². The summed E-state index contributed by atoms with van der Waals surface area (Å²) in [7, 11) is 2.88. The summed E-state index contributed by atoms with van der Waals surface area (Å²) in [6.45, 7) is 17.4. The van der Waals surface area contributed by atoms with Gasteiger partial charge in [-0.1, -0.05) is 26.7 Å². The van der Waals surface area contributed by atoms with Crippen LogP contribution in [0.2, 0.25) is 0 Å². The van der Waals surface area contributed by atoms with E-state index in [1.54, 1.807) is 0 Å². The Morgan fingerprint density at radius 3 is 1.55 bits per heavy atom. The molecule has 2 aromatic rings. The van der Waals surface area contributed by atoms with Crippen molar-refractivity contribution < 1.29 is 63.0 Å². The number of carbonyl (C=O) groups is 2. The van der Waals surface area contributed by atoms with Crippen molar-refractivity contribution in [2.45, 2.75) is 126 Å². The van der Waals surface area contributed by atoms with Gasteiger partial charge in [-0.05, 0) is 102 Å². The number of nitrogens with one attached hydrogen (secondary N) is 4. The summed E-state index contributed by atoms with van der Waals surface area (Å²) in [5.41, 5.74) is 18.7. The molecule has 0 spiro atoms. The molecule has 51 heavy (non-hydrogen) atoms. The van der Waals surface area contributed by atoms with Gasteiger partial charge in [-0.15, -0.1) is 0 Å². The quantitative estimate of drug-likeness (QED) is 0.174. The first-order valence-corrected chi connectivity index (χ1v) is 18.0. The lowest BCUT2D eigenvalue weighted by atomic mass is 9.94. The lowest BCUT2D eigenvalue weighted by Gasteiger charge is -2.04. The molecule has 280 valence electrons. The first-order chi connectivity index (χ1) is 23.4. The lowest BCUT2D eigenvalue weighted by Crippen LogP contribution is -3.00. The molecule has 0 aromatic carbocycles. The summed E-state index contributed by atoms with van der Waals surface area (Å²) in [6.07, 6.45) is 13.6. The number of methoxy groups -OCH3 is 2. The highest BCUT2D eigenvalue weighted by Gasteiger charge is 2.35. The van der Waals surface area contributed by atoms with E-state index in [0.717, 1.165) is 88.6 Å². The molecule has 8 nitrogen and oxygen atoms in total. The molecule has 0 atom stereocenters. The molecule has 2 aliphatic rings. The highest BCUT2D eigenvalue weighted by atomic mass is 79.9. The Balaban J connectivity index is 0.00000451. The van der Waals surface area contributed by atoms with Crippen LogP contribution in [0.3, 0.4) is 0 Å². The molecule has 0 fully saturated rings. The third kappa shape index (κ3) is 10.4. The van der Waals surface area contributed by atoms with Crippen molar-refractivity contribution in [3.63, 3.8) is 0 Å². The average Bonchev–Trinajstić information content (AvgIpc) is 3.72. The predicted octanol–water partition coefficient (Wildman–Crippen LogP) is -0.348. The van der Waals surface area contributed by atoms with E-state index in [4.69, 9.17) is 9.47 Å². The zero-order valence-electron chi connectivity index (χ0n) is 32.3. The lowest BCUT2D eigenvalue weighted by molar-refractivity contribution is -0.393. The molecule has 4 heterocycles. The monoisotopic (exact) mass is 828 g/mol. The van der Waals surface area contributed by atoms with Crippen molar-refractivity contribution in [2.24, 2.45) is 0 Å². The van der Waals surface area contributed by atoms with Gasteiger partial charge in [0.15, 0.2) is 11.4 Å². The maximum absolute atomic E-state index is 12.3. The topological polar surface area (TPSA) is 112 Å². The van der Waals surface area contributed by atoms with Crippen molar-refractivity contribution >= 4 is 35.5 Å². The number of unbranched alkanes of at least 4 members (excludes halogenated alkanes) is 2. The standard InChI is InChI=1S/C41H56N4O4.2BrH/c1-11-13-15-30-24(3)34(42-28(30)7)21-36-26(5)32(17-19-40(46)48-9)39(44-36)23-37-27(6)33(18-20-41(47)49-10)38(45-37)22-35-25(4)31(16-14-12-2)29(8)43-35;;/h21-22,42-43H,11-20,23H2,1-10H3;2*1H/b36-21+,38-22-;;. The first kappa shape index (κ1) is 43.9. The Kier molecular flexibility index (Phi) is 17.3. The second-order valence-electron chi connectivity index (χ2n) is 13.6. The minimum absolute atomic E-state index is 0. The molecule has 4 N–H and O–H groups in total. The number of aromatic nitrogens is 2. The number of allylic oxidation sites excluding steroid dienone is 4. The van der Waals surface area contributed by atoms with E-state index in [-0.39, 0.29) is 45.9 Å². The third-order valence-corrected chi connectivity index (χ3v) is 10.4. The predicted molar refractivity (Wildman–Crippen MR) is 198 cm³/mol. The molecule has 2 aromatic heterocycles. The van der Waals surface area contributed by atoms with Crippen LogP contribution in [-0.2, 0) is 31.9 Å². The molecule has 0 unspecified atom stereocenters. The largest absolute Gasteiger partial charge is 1.00 e. The van der Waals surface area contributed by atoms with Crippen molar-refractivity contribution in [1.82, 2.24) is 9.97 Å². The molecule has 0 radical (unpaired) electrons. The molecule has 0 saturated carbocycles. The second kappa shape index (κ2) is 20.1. The fourth-order valence-corrected chi connectivity index (χ4v) is 7.19. The number of esters is 2. The number of rotatable bonds is 16. The van der Waals surface area contributed by atoms with Crippen LogP contribution in [0.1, 0.15) is 131 Å². The van der Waals surface area contributed by atoms with Gasteiger partial charge in [-0.2, -0.15) is 0 Å². The zero-order valence-corrected chi connectivity index (χ0v) is 35.5. The van der Waals surface area contributed by atoms with E-state index in [9.17, 15) is 9.59 Å². The van der Waals surface area contributed by atoms with Crippen LogP contribution in [0.4, 0.5) is 0 Å². The number of H-pyrrole nitrogens is 2. The highest BCUT2D eigenvalue weighted by molar-refractivity contribution is 6.15. The molecule has 0 amide bonds.